The second-order valence-corrected chi connectivity index (χ2v) is 8.18. The van der Waals surface area contributed by atoms with E-state index in [1.165, 1.54) is 4.90 Å². The summed E-state index contributed by atoms with van der Waals surface area (Å²) in [5.41, 5.74) is -3.52. The molecule has 1 saturated carbocycles. The first kappa shape index (κ1) is 21.7. The molecule has 3 aliphatic rings. The van der Waals surface area contributed by atoms with E-state index in [-0.39, 0.29) is 43.2 Å². The first-order chi connectivity index (χ1) is 14.3. The van der Waals surface area contributed by atoms with Crippen molar-refractivity contribution in [2.24, 2.45) is 5.92 Å². The molecule has 0 bridgehead atoms. The summed E-state index contributed by atoms with van der Waals surface area (Å²) in [6.45, 7) is 0.195. The van der Waals surface area contributed by atoms with Crippen LogP contribution in [0.1, 0.15) is 29.5 Å². The Kier molecular flexibility index (Phi) is 5.10. The van der Waals surface area contributed by atoms with Gasteiger partial charge in [0.2, 0.25) is 5.91 Å². The van der Waals surface area contributed by atoms with Gasteiger partial charge >= 0.3 is 18.4 Å². The number of cyclic esters (lactones) is 1. The second-order valence-electron chi connectivity index (χ2n) is 8.18. The number of alkyl carbamates (subject to hydrolysis) is 1. The summed E-state index contributed by atoms with van der Waals surface area (Å²) >= 11 is 0. The number of likely N-dealkylation sites (tertiary alicyclic amines) is 1. The fourth-order valence-electron chi connectivity index (χ4n) is 4.07. The zero-order valence-electron chi connectivity index (χ0n) is 16.0. The molecule has 3 fully saturated rings. The summed E-state index contributed by atoms with van der Waals surface area (Å²) in [5.74, 6) is -0.384. The van der Waals surface area contributed by atoms with E-state index < -0.39 is 47.8 Å². The Balaban J connectivity index is 1.29. The highest BCUT2D eigenvalue weighted by molar-refractivity contribution is 5.82. The van der Waals surface area contributed by atoms with Crippen molar-refractivity contribution < 1.29 is 45.4 Å². The van der Waals surface area contributed by atoms with E-state index in [0.29, 0.717) is 25.0 Å². The average molecular weight is 452 g/mol. The largest absolute Gasteiger partial charge is 0.447 e. The highest BCUT2D eigenvalue weighted by Crippen LogP contribution is 2.42. The Morgan fingerprint density at radius 2 is 1.68 bits per heavy atom. The van der Waals surface area contributed by atoms with Crippen molar-refractivity contribution in [1.82, 2.24) is 10.2 Å². The van der Waals surface area contributed by atoms with Gasteiger partial charge in [0.1, 0.15) is 6.61 Å². The number of ether oxygens (including phenoxy) is 2. The number of nitrogens with one attached hydrogen (secondary N) is 1. The van der Waals surface area contributed by atoms with E-state index >= 15 is 0 Å². The Hall–Kier alpha value is -2.50. The summed E-state index contributed by atoms with van der Waals surface area (Å²) in [6, 6.07) is 1.32. The lowest BCUT2D eigenvalue weighted by atomic mass is 9.68. The van der Waals surface area contributed by atoms with Crippen molar-refractivity contribution in [2.75, 3.05) is 19.7 Å². The van der Waals surface area contributed by atoms with E-state index in [9.17, 15) is 35.9 Å². The van der Waals surface area contributed by atoms with Gasteiger partial charge in [-0.1, -0.05) is 0 Å². The van der Waals surface area contributed by atoms with Gasteiger partial charge in [0, 0.05) is 19.0 Å². The maximum atomic E-state index is 12.9. The summed E-state index contributed by atoms with van der Waals surface area (Å²) in [7, 11) is 0. The number of carbonyl (C=O) groups excluding carboxylic acids is 2. The molecular weight excluding hydrogens is 434 g/mol. The second kappa shape index (κ2) is 7.28. The molecule has 1 aromatic carbocycles. The molecule has 31 heavy (non-hydrogen) atoms. The lowest BCUT2D eigenvalue weighted by Gasteiger charge is -2.47. The molecule has 2 saturated heterocycles. The molecular formula is C19H18F6N2O4. The zero-order chi connectivity index (χ0) is 22.6. The highest BCUT2D eigenvalue weighted by atomic mass is 19.4. The van der Waals surface area contributed by atoms with Crippen LogP contribution in [0, 0.1) is 5.92 Å². The number of amides is 2. The summed E-state index contributed by atoms with van der Waals surface area (Å²) in [5, 5.41) is 2.69. The standard InChI is InChI=1S/C19H18F6N2O4/c20-18(21,22)12-1-10(2-13(3-12)19(23,24)25)8-30-14-6-27(7-14)15(28)11-4-17(5-11)9-31-16(29)26-17/h1-3,11,14H,4-9H2,(H,26,29)/t11-,17-. The van der Waals surface area contributed by atoms with Gasteiger partial charge in [0.15, 0.2) is 0 Å². The monoisotopic (exact) mass is 452 g/mol. The molecule has 2 heterocycles. The normalized spacial score (nSPS) is 26.3. The van der Waals surface area contributed by atoms with Gasteiger partial charge in [-0.15, -0.1) is 0 Å². The minimum Gasteiger partial charge on any atom is -0.447 e. The molecule has 1 aliphatic carbocycles. The van der Waals surface area contributed by atoms with Gasteiger partial charge < -0.3 is 19.7 Å². The van der Waals surface area contributed by atoms with Crippen LogP contribution in [-0.2, 0) is 33.2 Å². The number of hydrogen-bond donors (Lipinski definition) is 1. The summed E-state index contributed by atoms with van der Waals surface area (Å²) in [6.07, 6.45) is -9.89. The molecule has 0 radical (unpaired) electrons. The third-order valence-corrected chi connectivity index (χ3v) is 5.76. The first-order valence-electron chi connectivity index (χ1n) is 9.48. The lowest BCUT2D eigenvalue weighted by molar-refractivity contribution is -0.156. The van der Waals surface area contributed by atoms with E-state index in [4.69, 9.17) is 9.47 Å². The van der Waals surface area contributed by atoms with Crippen LogP contribution < -0.4 is 5.32 Å². The molecule has 12 heteroatoms. The highest BCUT2D eigenvalue weighted by Gasteiger charge is 2.54. The molecule has 2 amide bonds. The minimum absolute atomic E-state index is 0.0659. The molecule has 1 N–H and O–H groups in total. The van der Waals surface area contributed by atoms with Gasteiger partial charge in [0.05, 0.1) is 29.4 Å². The Morgan fingerprint density at radius 1 is 1.10 bits per heavy atom. The first-order valence-corrected chi connectivity index (χ1v) is 9.48. The van der Waals surface area contributed by atoms with Crippen molar-refractivity contribution in [3.05, 3.63) is 34.9 Å². The quantitative estimate of drug-likeness (QED) is 0.712. The Morgan fingerprint density at radius 3 is 2.16 bits per heavy atom. The smallest absolute Gasteiger partial charge is 0.416 e. The van der Waals surface area contributed by atoms with Crippen molar-refractivity contribution in [1.29, 1.82) is 0 Å². The number of hydrogen-bond acceptors (Lipinski definition) is 4. The third kappa shape index (κ3) is 4.43. The van der Waals surface area contributed by atoms with E-state index in [0.717, 1.165) is 0 Å². The van der Waals surface area contributed by atoms with Crippen LogP contribution >= 0.6 is 0 Å². The summed E-state index contributed by atoms with van der Waals surface area (Å²) < 4.78 is 87.8. The molecule has 4 rings (SSSR count). The van der Waals surface area contributed by atoms with Gasteiger partial charge in [0.25, 0.3) is 0 Å². The minimum atomic E-state index is -4.92. The molecule has 170 valence electrons. The van der Waals surface area contributed by atoms with Crippen LogP contribution in [-0.4, -0.2) is 48.2 Å². The van der Waals surface area contributed by atoms with Crippen molar-refractivity contribution >= 4 is 12.0 Å². The third-order valence-electron chi connectivity index (χ3n) is 5.76. The lowest BCUT2D eigenvalue weighted by Crippen LogP contribution is -2.62. The van der Waals surface area contributed by atoms with Gasteiger partial charge in [-0.3, -0.25) is 4.79 Å². The maximum absolute atomic E-state index is 12.9. The molecule has 0 aromatic heterocycles. The van der Waals surface area contributed by atoms with Crippen molar-refractivity contribution in [3.63, 3.8) is 0 Å². The van der Waals surface area contributed by atoms with E-state index in [2.05, 4.69) is 5.32 Å². The van der Waals surface area contributed by atoms with Crippen molar-refractivity contribution in [3.8, 4) is 0 Å². The Labute approximate surface area is 172 Å². The van der Waals surface area contributed by atoms with Crippen LogP contribution in [0.3, 0.4) is 0 Å². The topological polar surface area (TPSA) is 67.9 Å². The number of benzene rings is 1. The van der Waals surface area contributed by atoms with Crippen molar-refractivity contribution in [2.45, 2.75) is 43.4 Å². The molecule has 2 aliphatic heterocycles. The number of carbonyl (C=O) groups is 2. The van der Waals surface area contributed by atoms with Crippen LogP contribution in [0.4, 0.5) is 31.1 Å². The van der Waals surface area contributed by atoms with Crippen LogP contribution in [0.15, 0.2) is 18.2 Å². The van der Waals surface area contributed by atoms with E-state index in [1.807, 2.05) is 0 Å². The van der Waals surface area contributed by atoms with Gasteiger partial charge in [-0.05, 0) is 36.6 Å². The predicted molar refractivity (Wildman–Crippen MR) is 91.5 cm³/mol. The average Bonchev–Trinajstić information content (AvgIpc) is 2.99. The molecule has 0 atom stereocenters. The number of nitrogens with zero attached hydrogens (tertiary/aromatic N) is 1. The fourth-order valence-corrected chi connectivity index (χ4v) is 4.07. The van der Waals surface area contributed by atoms with Crippen LogP contribution in [0.2, 0.25) is 0 Å². The Bertz CT molecular complexity index is 856. The maximum Gasteiger partial charge on any atom is 0.416 e. The fraction of sp³-hybridized carbons (Fsp3) is 0.579. The zero-order valence-corrected chi connectivity index (χ0v) is 16.0. The number of rotatable bonds is 4. The van der Waals surface area contributed by atoms with Crippen LogP contribution in [0.25, 0.3) is 0 Å². The summed E-state index contributed by atoms with van der Waals surface area (Å²) in [4.78, 5) is 25.1. The molecule has 1 spiro atoms. The molecule has 6 nitrogen and oxygen atoms in total. The SMILES string of the molecule is O=C1N[C@]2(CO1)C[C@@H](C(=O)N1CC(OCc3cc(C(F)(F)F)cc(C(F)(F)F)c3)C1)C2. The number of alkyl halides is 6. The van der Waals surface area contributed by atoms with E-state index in [1.54, 1.807) is 0 Å². The van der Waals surface area contributed by atoms with Crippen LogP contribution in [0.5, 0.6) is 0 Å². The predicted octanol–water partition coefficient (Wildman–Crippen LogP) is 3.34. The number of halogens is 6. The molecule has 1 aromatic rings. The molecule has 0 unspecified atom stereocenters. The van der Waals surface area contributed by atoms with Gasteiger partial charge in [-0.2, -0.15) is 26.3 Å². The van der Waals surface area contributed by atoms with Gasteiger partial charge in [-0.25, -0.2) is 4.79 Å².